The maximum atomic E-state index is 11.6. The first-order valence-corrected chi connectivity index (χ1v) is 5.25. The van der Waals surface area contributed by atoms with E-state index in [1.807, 2.05) is 32.0 Å². The number of carbonyl (C=O) groups excluding carboxylic acids is 1. The number of Topliss-reactive ketones (excluding diaryl/α,β-unsaturated/α-hetero) is 1. The molecule has 15 heavy (non-hydrogen) atoms. The number of rotatable bonds is 4. The lowest BCUT2D eigenvalue weighted by molar-refractivity contribution is -0.137. The summed E-state index contributed by atoms with van der Waals surface area (Å²) in [7, 11) is 0. The number of benzene rings is 1. The fraction of sp³-hybridized carbons (Fsp3) is 0.462. The van der Waals surface area contributed by atoms with Gasteiger partial charge >= 0.3 is 0 Å². The first kappa shape index (κ1) is 11.9. The van der Waals surface area contributed by atoms with E-state index >= 15 is 0 Å². The second kappa shape index (κ2) is 4.58. The second-order valence-electron chi connectivity index (χ2n) is 4.38. The van der Waals surface area contributed by atoms with Gasteiger partial charge < -0.3 is 5.11 Å². The molecule has 0 saturated carbocycles. The first-order valence-electron chi connectivity index (χ1n) is 5.25. The summed E-state index contributed by atoms with van der Waals surface area (Å²) >= 11 is 0. The van der Waals surface area contributed by atoms with Crippen LogP contribution in [-0.4, -0.2) is 10.9 Å². The number of aliphatic hydroxyl groups is 1. The summed E-state index contributed by atoms with van der Waals surface area (Å²) < 4.78 is 0. The summed E-state index contributed by atoms with van der Waals surface area (Å²) in [4.78, 5) is 11.6. The predicted molar refractivity (Wildman–Crippen MR) is 60.5 cm³/mol. The van der Waals surface area contributed by atoms with Crippen LogP contribution in [0.25, 0.3) is 0 Å². The highest BCUT2D eigenvalue weighted by molar-refractivity contribution is 5.86. The van der Waals surface area contributed by atoms with E-state index in [4.69, 9.17) is 0 Å². The third kappa shape index (κ3) is 2.66. The highest BCUT2D eigenvalue weighted by Crippen LogP contribution is 2.29. The van der Waals surface area contributed by atoms with Crippen molar-refractivity contribution in [3.63, 3.8) is 0 Å². The molecule has 0 aromatic heterocycles. The standard InChI is InChI=1S/C13H18O2/c1-10(2)9-13(15,11(3)14)12-7-5-4-6-8-12/h4-8,10,15H,9H2,1-3H3. The maximum absolute atomic E-state index is 11.6. The van der Waals surface area contributed by atoms with Crippen LogP contribution in [0.1, 0.15) is 32.8 Å². The Hall–Kier alpha value is -1.15. The summed E-state index contributed by atoms with van der Waals surface area (Å²) in [6.45, 7) is 5.43. The Balaban J connectivity index is 3.07. The molecule has 0 saturated heterocycles. The highest BCUT2D eigenvalue weighted by atomic mass is 16.3. The SMILES string of the molecule is CC(=O)C(O)(CC(C)C)c1ccccc1. The molecule has 0 amide bonds. The summed E-state index contributed by atoms with van der Waals surface area (Å²) in [5.41, 5.74) is -0.638. The van der Waals surface area contributed by atoms with Gasteiger partial charge in [0.1, 0.15) is 5.60 Å². The molecule has 1 N–H and O–H groups in total. The Morgan fingerprint density at radius 2 is 1.87 bits per heavy atom. The van der Waals surface area contributed by atoms with Crippen LogP contribution in [0.3, 0.4) is 0 Å². The topological polar surface area (TPSA) is 37.3 Å². The van der Waals surface area contributed by atoms with E-state index < -0.39 is 5.60 Å². The van der Waals surface area contributed by atoms with Gasteiger partial charge in [-0.3, -0.25) is 4.79 Å². The molecule has 1 unspecified atom stereocenters. The summed E-state index contributed by atoms with van der Waals surface area (Å²) in [6.07, 6.45) is 0.465. The lowest BCUT2D eigenvalue weighted by Crippen LogP contribution is -2.35. The third-order valence-corrected chi connectivity index (χ3v) is 2.54. The van der Waals surface area contributed by atoms with Crippen molar-refractivity contribution in [2.24, 2.45) is 5.92 Å². The fourth-order valence-corrected chi connectivity index (χ4v) is 1.77. The molecule has 0 aliphatic carbocycles. The molecule has 82 valence electrons. The van der Waals surface area contributed by atoms with Crippen LogP contribution in [0.15, 0.2) is 30.3 Å². The zero-order chi connectivity index (χ0) is 11.5. The van der Waals surface area contributed by atoms with Crippen molar-refractivity contribution in [2.45, 2.75) is 32.8 Å². The van der Waals surface area contributed by atoms with Gasteiger partial charge in [-0.25, -0.2) is 0 Å². The minimum absolute atomic E-state index is 0.192. The van der Waals surface area contributed by atoms with Crippen LogP contribution in [-0.2, 0) is 10.4 Å². The van der Waals surface area contributed by atoms with E-state index in [2.05, 4.69) is 0 Å². The zero-order valence-corrected chi connectivity index (χ0v) is 9.53. The molecule has 0 fully saturated rings. The van der Waals surface area contributed by atoms with E-state index in [9.17, 15) is 9.90 Å². The van der Waals surface area contributed by atoms with Crippen molar-refractivity contribution < 1.29 is 9.90 Å². The fourth-order valence-electron chi connectivity index (χ4n) is 1.77. The number of carbonyl (C=O) groups is 1. The lowest BCUT2D eigenvalue weighted by Gasteiger charge is -2.27. The van der Waals surface area contributed by atoms with Crippen LogP contribution < -0.4 is 0 Å². The van der Waals surface area contributed by atoms with Gasteiger partial charge in [-0.1, -0.05) is 44.2 Å². The van der Waals surface area contributed by atoms with Gasteiger partial charge in [0.2, 0.25) is 0 Å². The van der Waals surface area contributed by atoms with Crippen molar-refractivity contribution in [3.05, 3.63) is 35.9 Å². The van der Waals surface area contributed by atoms with Crippen LogP contribution >= 0.6 is 0 Å². The molecule has 1 aromatic carbocycles. The zero-order valence-electron chi connectivity index (χ0n) is 9.53. The average molecular weight is 206 g/mol. The molecule has 1 aromatic rings. The molecule has 0 radical (unpaired) electrons. The van der Waals surface area contributed by atoms with Gasteiger partial charge in [-0.05, 0) is 24.8 Å². The average Bonchev–Trinajstić information content (AvgIpc) is 2.17. The largest absolute Gasteiger partial charge is 0.377 e. The molecule has 1 rings (SSSR count). The van der Waals surface area contributed by atoms with E-state index in [-0.39, 0.29) is 11.7 Å². The van der Waals surface area contributed by atoms with Crippen LogP contribution in [0, 0.1) is 5.92 Å². The maximum Gasteiger partial charge on any atom is 0.165 e. The van der Waals surface area contributed by atoms with Gasteiger partial charge in [0, 0.05) is 0 Å². The van der Waals surface area contributed by atoms with Crippen molar-refractivity contribution in [1.82, 2.24) is 0 Å². The number of hydrogen-bond donors (Lipinski definition) is 1. The minimum Gasteiger partial charge on any atom is -0.377 e. The Kier molecular flexibility index (Phi) is 3.64. The molecule has 0 heterocycles. The van der Waals surface area contributed by atoms with Crippen molar-refractivity contribution >= 4 is 5.78 Å². The summed E-state index contributed by atoms with van der Waals surface area (Å²) in [5, 5.41) is 10.4. The molecule has 0 spiro atoms. The van der Waals surface area contributed by atoms with Gasteiger partial charge in [-0.2, -0.15) is 0 Å². The second-order valence-corrected chi connectivity index (χ2v) is 4.38. The Morgan fingerprint density at radius 1 is 1.33 bits per heavy atom. The van der Waals surface area contributed by atoms with Gasteiger partial charge in [-0.15, -0.1) is 0 Å². The number of ketones is 1. The number of hydrogen-bond acceptors (Lipinski definition) is 2. The third-order valence-electron chi connectivity index (χ3n) is 2.54. The van der Waals surface area contributed by atoms with Crippen molar-refractivity contribution in [3.8, 4) is 0 Å². The minimum atomic E-state index is -1.32. The van der Waals surface area contributed by atoms with Crippen LogP contribution in [0.4, 0.5) is 0 Å². The van der Waals surface area contributed by atoms with E-state index in [0.717, 1.165) is 0 Å². The van der Waals surface area contributed by atoms with Crippen LogP contribution in [0.2, 0.25) is 0 Å². The smallest absolute Gasteiger partial charge is 0.165 e. The lowest BCUT2D eigenvalue weighted by atomic mass is 9.83. The highest BCUT2D eigenvalue weighted by Gasteiger charge is 2.34. The molecule has 2 nitrogen and oxygen atoms in total. The van der Waals surface area contributed by atoms with Crippen molar-refractivity contribution in [1.29, 1.82) is 0 Å². The first-order chi connectivity index (χ1) is 6.97. The summed E-state index contributed by atoms with van der Waals surface area (Å²) in [5.74, 6) is 0.0847. The van der Waals surface area contributed by atoms with E-state index in [1.165, 1.54) is 6.92 Å². The molecular weight excluding hydrogens is 188 g/mol. The normalized spacial score (nSPS) is 15.0. The summed E-state index contributed by atoms with van der Waals surface area (Å²) in [6, 6.07) is 9.14. The van der Waals surface area contributed by atoms with Gasteiger partial charge in [0.05, 0.1) is 0 Å². The molecular formula is C13H18O2. The van der Waals surface area contributed by atoms with Crippen molar-refractivity contribution in [2.75, 3.05) is 0 Å². The Labute approximate surface area is 90.9 Å². The van der Waals surface area contributed by atoms with Gasteiger partial charge in [0.25, 0.3) is 0 Å². The van der Waals surface area contributed by atoms with Gasteiger partial charge in [0.15, 0.2) is 5.78 Å². The monoisotopic (exact) mass is 206 g/mol. The van der Waals surface area contributed by atoms with Crippen LogP contribution in [0.5, 0.6) is 0 Å². The quantitative estimate of drug-likeness (QED) is 0.821. The molecule has 2 heteroatoms. The molecule has 0 bridgehead atoms. The molecule has 1 atom stereocenters. The Bertz CT molecular complexity index is 330. The molecule has 0 aliphatic rings. The van der Waals surface area contributed by atoms with E-state index in [1.54, 1.807) is 12.1 Å². The molecule has 0 aliphatic heterocycles. The van der Waals surface area contributed by atoms with E-state index in [0.29, 0.717) is 12.0 Å². The predicted octanol–water partition coefficient (Wildman–Crippen LogP) is 2.51. The Morgan fingerprint density at radius 3 is 2.27 bits per heavy atom.